The van der Waals surface area contributed by atoms with E-state index in [1.807, 2.05) is 36.5 Å². The van der Waals surface area contributed by atoms with Gasteiger partial charge in [-0.1, -0.05) is 18.2 Å². The van der Waals surface area contributed by atoms with E-state index in [9.17, 15) is 0 Å². The molecule has 1 fully saturated rings. The zero-order chi connectivity index (χ0) is 14.5. The van der Waals surface area contributed by atoms with Crippen LogP contribution >= 0.6 is 0 Å². The number of likely N-dealkylation sites (tertiary alicyclic amines) is 1. The van der Waals surface area contributed by atoms with Gasteiger partial charge in [-0.3, -0.25) is 4.90 Å². The number of aryl methyl sites for hydroxylation is 1. The molecule has 1 aliphatic heterocycles. The fourth-order valence-electron chi connectivity index (χ4n) is 2.93. The summed E-state index contributed by atoms with van der Waals surface area (Å²) in [5.41, 5.74) is 1.15. The second-order valence-electron chi connectivity index (χ2n) is 5.75. The van der Waals surface area contributed by atoms with Crippen molar-refractivity contribution in [2.75, 3.05) is 26.2 Å². The first-order chi connectivity index (χ1) is 10.3. The maximum Gasteiger partial charge on any atom is 0.119 e. The Morgan fingerprint density at radius 1 is 1.33 bits per heavy atom. The van der Waals surface area contributed by atoms with Crippen molar-refractivity contribution in [2.24, 2.45) is 0 Å². The Morgan fingerprint density at radius 2 is 2.19 bits per heavy atom. The minimum absolute atomic E-state index is 0.532. The summed E-state index contributed by atoms with van der Waals surface area (Å²) in [6, 6.07) is 10.0. The van der Waals surface area contributed by atoms with Crippen LogP contribution in [0.1, 0.15) is 30.3 Å². The fraction of sp³-hybridized carbons (Fsp3) is 0.471. The molecular weight excluding hydrogens is 262 g/mol. The molecule has 0 bridgehead atoms. The predicted molar refractivity (Wildman–Crippen MR) is 83.7 cm³/mol. The van der Waals surface area contributed by atoms with E-state index in [1.54, 1.807) is 0 Å². The van der Waals surface area contributed by atoms with Gasteiger partial charge < -0.3 is 9.72 Å². The van der Waals surface area contributed by atoms with Gasteiger partial charge >= 0.3 is 0 Å². The summed E-state index contributed by atoms with van der Waals surface area (Å²) in [5.74, 6) is 2.62. The average Bonchev–Trinajstić information content (AvgIpc) is 2.95. The van der Waals surface area contributed by atoms with Gasteiger partial charge in [0.1, 0.15) is 18.2 Å². The molecule has 0 spiro atoms. The Kier molecular flexibility index (Phi) is 4.55. The predicted octanol–water partition coefficient (Wildman–Crippen LogP) is 2.98. The molecule has 3 rings (SSSR count). The number of hydrogen-bond acceptors (Lipinski definition) is 3. The number of piperidine rings is 1. The van der Waals surface area contributed by atoms with Gasteiger partial charge in [-0.2, -0.15) is 0 Å². The Balaban J connectivity index is 1.48. The van der Waals surface area contributed by atoms with Crippen molar-refractivity contribution in [3.8, 4) is 5.75 Å². The lowest BCUT2D eigenvalue weighted by Crippen LogP contribution is -2.37. The van der Waals surface area contributed by atoms with Crippen LogP contribution in [0.3, 0.4) is 0 Å². The van der Waals surface area contributed by atoms with E-state index in [-0.39, 0.29) is 0 Å². The first kappa shape index (κ1) is 14.1. The van der Waals surface area contributed by atoms with Crippen molar-refractivity contribution in [3.63, 3.8) is 0 Å². The zero-order valence-electron chi connectivity index (χ0n) is 12.6. The molecule has 112 valence electrons. The quantitative estimate of drug-likeness (QED) is 0.918. The largest absolute Gasteiger partial charge is 0.492 e. The van der Waals surface area contributed by atoms with E-state index < -0.39 is 0 Å². The Bertz CT molecular complexity index is 552. The summed E-state index contributed by atoms with van der Waals surface area (Å²) in [6.07, 6.45) is 4.38. The minimum atomic E-state index is 0.532. The van der Waals surface area contributed by atoms with Gasteiger partial charge in [0.05, 0.1) is 0 Å². The van der Waals surface area contributed by atoms with Crippen LogP contribution in [-0.4, -0.2) is 41.1 Å². The van der Waals surface area contributed by atoms with Gasteiger partial charge in [0.15, 0.2) is 0 Å². The highest BCUT2D eigenvalue weighted by molar-refractivity contribution is 5.20. The highest BCUT2D eigenvalue weighted by Crippen LogP contribution is 2.24. The molecule has 0 aliphatic carbocycles. The van der Waals surface area contributed by atoms with Crippen molar-refractivity contribution >= 4 is 0 Å². The van der Waals surface area contributed by atoms with E-state index in [0.29, 0.717) is 5.92 Å². The number of nitrogens with zero attached hydrogens (tertiary/aromatic N) is 2. The van der Waals surface area contributed by atoms with Crippen LogP contribution in [0.5, 0.6) is 5.75 Å². The normalized spacial score (nSPS) is 19.6. The molecule has 1 aromatic heterocycles. The summed E-state index contributed by atoms with van der Waals surface area (Å²) >= 11 is 0. The van der Waals surface area contributed by atoms with E-state index >= 15 is 0 Å². The number of ether oxygens (including phenoxy) is 1. The Hall–Kier alpha value is -1.81. The van der Waals surface area contributed by atoms with E-state index in [0.717, 1.165) is 43.5 Å². The number of aromatic amines is 1. The van der Waals surface area contributed by atoms with Crippen LogP contribution in [0.15, 0.2) is 36.5 Å². The van der Waals surface area contributed by atoms with Gasteiger partial charge in [0.25, 0.3) is 0 Å². The van der Waals surface area contributed by atoms with Gasteiger partial charge in [-0.05, 0) is 38.4 Å². The van der Waals surface area contributed by atoms with Gasteiger partial charge in [-0.15, -0.1) is 0 Å². The fourth-order valence-corrected chi connectivity index (χ4v) is 2.93. The molecule has 4 nitrogen and oxygen atoms in total. The topological polar surface area (TPSA) is 41.2 Å². The van der Waals surface area contributed by atoms with Crippen LogP contribution in [0, 0.1) is 6.92 Å². The second kappa shape index (κ2) is 6.76. The molecule has 2 heterocycles. The highest BCUT2D eigenvalue weighted by atomic mass is 16.5. The maximum atomic E-state index is 5.79. The molecule has 1 N–H and O–H groups in total. The van der Waals surface area contributed by atoms with Crippen molar-refractivity contribution in [2.45, 2.75) is 25.7 Å². The number of benzene rings is 1. The molecular formula is C17H23N3O. The number of nitrogens with one attached hydrogen (secondary N) is 1. The minimum Gasteiger partial charge on any atom is -0.492 e. The summed E-state index contributed by atoms with van der Waals surface area (Å²) in [5, 5.41) is 0. The molecule has 1 atom stereocenters. The summed E-state index contributed by atoms with van der Waals surface area (Å²) in [6.45, 7) is 6.02. The first-order valence-electron chi connectivity index (χ1n) is 7.73. The van der Waals surface area contributed by atoms with Crippen molar-refractivity contribution < 1.29 is 4.74 Å². The molecule has 0 amide bonds. The summed E-state index contributed by atoms with van der Waals surface area (Å²) in [4.78, 5) is 10.3. The molecule has 21 heavy (non-hydrogen) atoms. The third kappa shape index (κ3) is 3.85. The molecule has 2 aromatic rings. The lowest BCUT2D eigenvalue weighted by Gasteiger charge is -2.31. The second-order valence-corrected chi connectivity index (χ2v) is 5.75. The van der Waals surface area contributed by atoms with E-state index in [1.165, 1.54) is 12.8 Å². The first-order valence-corrected chi connectivity index (χ1v) is 7.73. The maximum absolute atomic E-state index is 5.79. The third-order valence-electron chi connectivity index (χ3n) is 4.03. The van der Waals surface area contributed by atoms with Crippen LogP contribution in [-0.2, 0) is 0 Å². The average molecular weight is 285 g/mol. The van der Waals surface area contributed by atoms with Crippen LogP contribution < -0.4 is 4.74 Å². The Morgan fingerprint density at radius 3 is 2.95 bits per heavy atom. The SMILES string of the molecule is Cc1cnc([C@H]2CCCN(CCOc3ccccc3)C2)[nH]1. The molecule has 1 aliphatic rings. The summed E-state index contributed by atoms with van der Waals surface area (Å²) in [7, 11) is 0. The summed E-state index contributed by atoms with van der Waals surface area (Å²) < 4.78 is 5.79. The van der Waals surface area contributed by atoms with E-state index in [4.69, 9.17) is 4.74 Å². The van der Waals surface area contributed by atoms with Crippen molar-refractivity contribution in [3.05, 3.63) is 48.0 Å². The van der Waals surface area contributed by atoms with Crippen molar-refractivity contribution in [1.82, 2.24) is 14.9 Å². The standard InChI is InChI=1S/C17H23N3O/c1-14-12-18-17(19-14)15-6-5-9-20(13-15)10-11-21-16-7-3-2-4-8-16/h2-4,7-8,12,15H,5-6,9-11,13H2,1H3,(H,18,19)/t15-/m0/s1. The van der Waals surface area contributed by atoms with Crippen LogP contribution in [0.25, 0.3) is 0 Å². The number of H-pyrrole nitrogens is 1. The number of imidazole rings is 1. The lowest BCUT2D eigenvalue weighted by atomic mass is 9.97. The van der Waals surface area contributed by atoms with E-state index in [2.05, 4.69) is 21.8 Å². The van der Waals surface area contributed by atoms with Crippen molar-refractivity contribution in [1.29, 1.82) is 0 Å². The molecule has 1 saturated heterocycles. The molecule has 0 unspecified atom stereocenters. The molecule has 0 radical (unpaired) electrons. The number of hydrogen-bond donors (Lipinski definition) is 1. The smallest absolute Gasteiger partial charge is 0.119 e. The number of rotatable bonds is 5. The molecule has 4 heteroatoms. The lowest BCUT2D eigenvalue weighted by molar-refractivity contribution is 0.168. The van der Waals surface area contributed by atoms with Crippen LogP contribution in [0.2, 0.25) is 0 Å². The molecule has 1 aromatic carbocycles. The molecule has 0 saturated carbocycles. The Labute approximate surface area is 126 Å². The highest BCUT2D eigenvalue weighted by Gasteiger charge is 2.23. The van der Waals surface area contributed by atoms with Crippen LogP contribution in [0.4, 0.5) is 0 Å². The monoisotopic (exact) mass is 285 g/mol. The number of aromatic nitrogens is 2. The third-order valence-corrected chi connectivity index (χ3v) is 4.03. The number of para-hydroxylation sites is 1. The van der Waals surface area contributed by atoms with Gasteiger partial charge in [-0.25, -0.2) is 4.98 Å². The van der Waals surface area contributed by atoms with Gasteiger partial charge in [0.2, 0.25) is 0 Å². The van der Waals surface area contributed by atoms with Gasteiger partial charge in [0, 0.05) is 30.9 Å². The zero-order valence-corrected chi connectivity index (χ0v) is 12.6.